The Morgan fingerprint density at radius 3 is 2.88 bits per heavy atom. The van der Waals surface area contributed by atoms with Gasteiger partial charge in [-0.25, -0.2) is 14.4 Å². The predicted molar refractivity (Wildman–Crippen MR) is 122 cm³/mol. The molecule has 10 heteroatoms. The van der Waals surface area contributed by atoms with Crippen LogP contribution < -0.4 is 20.3 Å². The number of nitrogens with one attached hydrogen (secondary N) is 3. The molecule has 0 spiro atoms. The summed E-state index contributed by atoms with van der Waals surface area (Å²) in [6.07, 6.45) is 4.94. The van der Waals surface area contributed by atoms with Gasteiger partial charge >= 0.3 is 6.01 Å². The number of ether oxygens (including phenoxy) is 1. The highest BCUT2D eigenvalue weighted by Gasteiger charge is 2.47. The van der Waals surface area contributed by atoms with Crippen LogP contribution in [0.3, 0.4) is 0 Å². The van der Waals surface area contributed by atoms with E-state index in [0.29, 0.717) is 41.3 Å². The van der Waals surface area contributed by atoms with Crippen LogP contribution in [0.1, 0.15) is 17.8 Å². The van der Waals surface area contributed by atoms with Crippen LogP contribution >= 0.6 is 0 Å². The van der Waals surface area contributed by atoms with Gasteiger partial charge in [-0.1, -0.05) is 0 Å². The van der Waals surface area contributed by atoms with E-state index >= 15 is 4.39 Å². The molecule has 3 aromatic heterocycles. The third-order valence-electron chi connectivity index (χ3n) is 7.35. The molecule has 2 saturated heterocycles. The highest BCUT2D eigenvalue weighted by molar-refractivity contribution is 6.16. The molecule has 2 fully saturated rings. The maximum absolute atomic E-state index is 15.4. The van der Waals surface area contributed by atoms with E-state index in [4.69, 9.17) is 9.72 Å². The summed E-state index contributed by atoms with van der Waals surface area (Å²) in [6, 6.07) is 2.35. The second-order valence-corrected chi connectivity index (χ2v) is 9.07. The molecular weight excluding hydrogens is 423 g/mol. The monoisotopic (exact) mass is 446 g/mol. The van der Waals surface area contributed by atoms with Crippen molar-refractivity contribution in [2.45, 2.75) is 31.8 Å². The molecule has 3 aliphatic heterocycles. The molecule has 0 saturated carbocycles. The van der Waals surface area contributed by atoms with Crippen molar-refractivity contribution in [3.05, 3.63) is 35.7 Å². The van der Waals surface area contributed by atoms with E-state index in [1.54, 1.807) is 25.5 Å². The van der Waals surface area contributed by atoms with Gasteiger partial charge in [-0.2, -0.15) is 9.97 Å². The Hall–Kier alpha value is -3.53. The SMILES string of the molecule is CNc1cc(F)c2c3c1[nH]c1nc(Oc4cnc(C)nc4)nc(c13)N1C[C@H]3NCC[C@H]3[C@@H]1C2. The van der Waals surface area contributed by atoms with Gasteiger partial charge in [0.25, 0.3) is 0 Å². The van der Waals surface area contributed by atoms with Gasteiger partial charge in [0, 0.05) is 36.6 Å². The lowest BCUT2D eigenvalue weighted by atomic mass is 9.90. The van der Waals surface area contributed by atoms with E-state index in [-0.39, 0.29) is 17.9 Å². The van der Waals surface area contributed by atoms with Crippen LogP contribution in [0.25, 0.3) is 21.9 Å². The minimum absolute atomic E-state index is 0.171. The van der Waals surface area contributed by atoms with Crippen LogP contribution in [-0.4, -0.2) is 57.1 Å². The summed E-state index contributed by atoms with van der Waals surface area (Å²) in [6.45, 7) is 3.65. The third kappa shape index (κ3) is 2.67. The van der Waals surface area contributed by atoms with Gasteiger partial charge < -0.3 is 25.3 Å². The van der Waals surface area contributed by atoms with Gasteiger partial charge in [-0.05, 0) is 38.3 Å². The molecule has 3 aliphatic rings. The quantitative estimate of drug-likeness (QED) is 0.441. The van der Waals surface area contributed by atoms with Crippen molar-refractivity contribution in [3.63, 3.8) is 0 Å². The Balaban J connectivity index is 1.48. The number of nitrogens with zero attached hydrogens (tertiary/aromatic N) is 5. The number of benzene rings is 1. The molecule has 0 aliphatic carbocycles. The number of halogens is 1. The van der Waals surface area contributed by atoms with Crippen LogP contribution in [0.4, 0.5) is 15.9 Å². The Labute approximate surface area is 188 Å². The second kappa shape index (κ2) is 6.74. The summed E-state index contributed by atoms with van der Waals surface area (Å²) in [5.41, 5.74) is 2.91. The largest absolute Gasteiger partial charge is 0.421 e. The number of hydrogen-bond acceptors (Lipinski definition) is 8. The fourth-order valence-electron chi connectivity index (χ4n) is 5.89. The van der Waals surface area contributed by atoms with E-state index < -0.39 is 0 Å². The van der Waals surface area contributed by atoms with Gasteiger partial charge in [0.05, 0.1) is 29.0 Å². The number of rotatable bonds is 3. The van der Waals surface area contributed by atoms with Gasteiger partial charge in [-0.15, -0.1) is 0 Å². The van der Waals surface area contributed by atoms with Crippen molar-refractivity contribution in [2.24, 2.45) is 5.92 Å². The Bertz CT molecular complexity index is 1420. The minimum atomic E-state index is -0.188. The molecule has 9 nitrogen and oxygen atoms in total. The summed E-state index contributed by atoms with van der Waals surface area (Å²) in [5.74, 6) is 2.19. The standard InChI is InChI=1S/C23H23FN8O/c1-10-27-7-11(8-28-10)33-23-30-21-19-18-13(14(24)6-15(25-2)20(18)29-21)5-17-12-3-4-26-16(12)9-32(17)22(19)31-23/h6-8,12,16-17,25-26H,3-5,9H2,1-2H3,(H,29,30,31)/t12-,16-,17+/m1/s1. The van der Waals surface area contributed by atoms with Crippen LogP contribution in [0.5, 0.6) is 11.8 Å². The number of aryl methyl sites for hydroxylation is 1. The van der Waals surface area contributed by atoms with Crippen molar-refractivity contribution < 1.29 is 9.13 Å². The van der Waals surface area contributed by atoms with E-state index in [1.807, 2.05) is 6.92 Å². The predicted octanol–water partition coefficient (Wildman–Crippen LogP) is 2.91. The molecule has 1 aromatic carbocycles. The lowest BCUT2D eigenvalue weighted by Crippen LogP contribution is -2.35. The zero-order valence-corrected chi connectivity index (χ0v) is 18.3. The summed E-state index contributed by atoms with van der Waals surface area (Å²) in [5, 5.41) is 8.46. The van der Waals surface area contributed by atoms with Crippen LogP contribution in [0.2, 0.25) is 0 Å². The van der Waals surface area contributed by atoms with Crippen LogP contribution in [-0.2, 0) is 6.42 Å². The Morgan fingerprint density at radius 1 is 1.21 bits per heavy atom. The van der Waals surface area contributed by atoms with Gasteiger partial charge in [0.2, 0.25) is 0 Å². The zero-order chi connectivity index (χ0) is 22.3. The molecule has 0 unspecified atom stereocenters. The normalized spacial score (nSPS) is 23.2. The first kappa shape index (κ1) is 19.0. The Kier molecular flexibility index (Phi) is 3.88. The molecule has 7 rings (SSSR count). The van der Waals surface area contributed by atoms with Gasteiger partial charge in [0.1, 0.15) is 23.1 Å². The summed E-state index contributed by atoms with van der Waals surface area (Å²) < 4.78 is 21.4. The second-order valence-electron chi connectivity index (χ2n) is 9.07. The first-order chi connectivity index (χ1) is 16.1. The zero-order valence-electron chi connectivity index (χ0n) is 18.3. The first-order valence-electron chi connectivity index (χ1n) is 11.3. The lowest BCUT2D eigenvalue weighted by Gasteiger charge is -2.28. The highest BCUT2D eigenvalue weighted by atomic mass is 19.1. The van der Waals surface area contributed by atoms with Gasteiger partial charge in [-0.3, -0.25) is 0 Å². The van der Waals surface area contributed by atoms with Crippen molar-refractivity contribution in [1.29, 1.82) is 0 Å². The fourth-order valence-corrected chi connectivity index (χ4v) is 5.89. The average Bonchev–Trinajstić information content (AvgIpc) is 3.48. The summed E-state index contributed by atoms with van der Waals surface area (Å²) in [7, 11) is 1.80. The molecule has 6 heterocycles. The van der Waals surface area contributed by atoms with Crippen molar-refractivity contribution >= 4 is 33.4 Å². The average molecular weight is 446 g/mol. The molecular formula is C23H23FN8O. The van der Waals surface area contributed by atoms with Crippen molar-refractivity contribution in [2.75, 3.05) is 30.4 Å². The third-order valence-corrected chi connectivity index (χ3v) is 7.35. The van der Waals surface area contributed by atoms with E-state index in [9.17, 15) is 0 Å². The number of H-pyrrole nitrogens is 1. The van der Waals surface area contributed by atoms with E-state index in [0.717, 1.165) is 47.2 Å². The van der Waals surface area contributed by atoms with Crippen LogP contribution in [0.15, 0.2) is 18.5 Å². The van der Waals surface area contributed by atoms with E-state index in [1.165, 1.54) is 0 Å². The van der Waals surface area contributed by atoms with Crippen LogP contribution in [0, 0.1) is 18.7 Å². The molecule has 168 valence electrons. The Morgan fingerprint density at radius 2 is 2.06 bits per heavy atom. The first-order valence-corrected chi connectivity index (χ1v) is 11.3. The number of fused-ring (bicyclic) bond motifs is 4. The van der Waals surface area contributed by atoms with Crippen molar-refractivity contribution in [3.8, 4) is 11.8 Å². The fraction of sp³-hybridized carbons (Fsp3) is 0.391. The smallest absolute Gasteiger partial charge is 0.326 e. The molecule has 3 N–H and O–H groups in total. The summed E-state index contributed by atoms with van der Waals surface area (Å²) in [4.78, 5) is 23.7. The maximum atomic E-state index is 15.4. The number of aromatic nitrogens is 5. The molecule has 4 aromatic rings. The number of hydrogen-bond donors (Lipinski definition) is 3. The van der Waals surface area contributed by atoms with Crippen molar-refractivity contribution in [1.82, 2.24) is 30.2 Å². The van der Waals surface area contributed by atoms with E-state index in [2.05, 4.69) is 35.5 Å². The molecule has 3 atom stereocenters. The lowest BCUT2D eigenvalue weighted by molar-refractivity contribution is 0.436. The molecule has 0 radical (unpaired) electrons. The molecule has 0 amide bonds. The molecule has 33 heavy (non-hydrogen) atoms. The highest BCUT2D eigenvalue weighted by Crippen LogP contribution is 2.47. The minimum Gasteiger partial charge on any atom is -0.421 e. The number of anilines is 2. The topological polar surface area (TPSA) is 104 Å². The maximum Gasteiger partial charge on any atom is 0.326 e. The van der Waals surface area contributed by atoms with Gasteiger partial charge in [0.15, 0.2) is 5.75 Å². The molecule has 0 bridgehead atoms. The number of aromatic amines is 1. The summed E-state index contributed by atoms with van der Waals surface area (Å²) >= 11 is 0.